The lowest BCUT2D eigenvalue weighted by atomic mass is 10.3. The summed E-state index contributed by atoms with van der Waals surface area (Å²) in [6.07, 6.45) is 1.96. The molecule has 0 aromatic heterocycles. The molecule has 0 aromatic rings. The third-order valence-corrected chi connectivity index (χ3v) is 1.64. The second-order valence-electron chi connectivity index (χ2n) is 2.47. The molecule has 1 rings (SSSR count). The van der Waals surface area contributed by atoms with Gasteiger partial charge in [-0.25, -0.2) is 0 Å². The van der Waals surface area contributed by atoms with Crippen LogP contribution in [0.2, 0.25) is 0 Å². The first kappa shape index (κ1) is 6.71. The van der Waals surface area contributed by atoms with Crippen LogP contribution in [0.4, 0.5) is 0 Å². The lowest BCUT2D eigenvalue weighted by Gasteiger charge is -2.08. The number of nitrogens with two attached hydrogens (primary N) is 1. The molecule has 3 heteroatoms. The van der Waals surface area contributed by atoms with Gasteiger partial charge in [-0.2, -0.15) is 0 Å². The minimum atomic E-state index is 0.296. The fraction of sp³-hybridized carbons (Fsp3) is 0.833. The molecule has 1 aliphatic rings. The molecule has 3 nitrogen and oxygen atoms in total. The minimum absolute atomic E-state index is 0.296. The number of nitrogens with zero attached hydrogens (tertiary/aromatic N) is 1. The van der Waals surface area contributed by atoms with Gasteiger partial charge in [0.15, 0.2) is 0 Å². The van der Waals surface area contributed by atoms with Crippen LogP contribution in [0.3, 0.4) is 0 Å². The normalized spacial score (nSPS) is 28.8. The SMILES string of the molecule is NC1CCN(CC=O)C1. The summed E-state index contributed by atoms with van der Waals surface area (Å²) in [7, 11) is 0. The molecule has 0 bridgehead atoms. The van der Waals surface area contributed by atoms with Crippen molar-refractivity contribution >= 4 is 6.29 Å². The summed E-state index contributed by atoms with van der Waals surface area (Å²) in [6.45, 7) is 2.42. The highest BCUT2D eigenvalue weighted by molar-refractivity contribution is 5.52. The Morgan fingerprint density at radius 1 is 1.78 bits per heavy atom. The Labute approximate surface area is 54.8 Å². The quantitative estimate of drug-likeness (QED) is 0.496. The lowest BCUT2D eigenvalue weighted by molar-refractivity contribution is -0.108. The van der Waals surface area contributed by atoms with Crippen LogP contribution >= 0.6 is 0 Å². The monoisotopic (exact) mass is 128 g/mol. The van der Waals surface area contributed by atoms with E-state index in [1.165, 1.54) is 0 Å². The van der Waals surface area contributed by atoms with Gasteiger partial charge in [-0.05, 0) is 6.42 Å². The van der Waals surface area contributed by atoms with Gasteiger partial charge in [0.25, 0.3) is 0 Å². The van der Waals surface area contributed by atoms with Gasteiger partial charge in [-0.15, -0.1) is 0 Å². The van der Waals surface area contributed by atoms with E-state index in [1.54, 1.807) is 0 Å². The Balaban J connectivity index is 2.21. The first-order chi connectivity index (χ1) is 4.33. The molecule has 1 fully saturated rings. The second kappa shape index (κ2) is 2.94. The molecule has 0 radical (unpaired) electrons. The zero-order chi connectivity index (χ0) is 6.69. The smallest absolute Gasteiger partial charge is 0.133 e. The predicted molar refractivity (Wildman–Crippen MR) is 35.1 cm³/mol. The molecule has 0 spiro atoms. The number of hydrogen-bond acceptors (Lipinski definition) is 3. The van der Waals surface area contributed by atoms with Crippen LogP contribution in [0.5, 0.6) is 0 Å². The van der Waals surface area contributed by atoms with Gasteiger partial charge in [0.2, 0.25) is 0 Å². The Hall–Kier alpha value is -0.410. The topological polar surface area (TPSA) is 46.3 Å². The second-order valence-corrected chi connectivity index (χ2v) is 2.47. The van der Waals surface area contributed by atoms with Gasteiger partial charge in [0.1, 0.15) is 6.29 Å². The van der Waals surface area contributed by atoms with Crippen LogP contribution in [0.15, 0.2) is 0 Å². The summed E-state index contributed by atoms with van der Waals surface area (Å²) in [4.78, 5) is 12.1. The minimum Gasteiger partial charge on any atom is -0.326 e. The molecule has 0 aromatic carbocycles. The van der Waals surface area contributed by atoms with E-state index < -0.39 is 0 Å². The molecule has 0 aliphatic carbocycles. The van der Waals surface area contributed by atoms with Crippen LogP contribution in [0, 0.1) is 0 Å². The molecule has 0 amide bonds. The van der Waals surface area contributed by atoms with Crippen molar-refractivity contribution in [3.63, 3.8) is 0 Å². The average molecular weight is 128 g/mol. The van der Waals surface area contributed by atoms with E-state index in [9.17, 15) is 4.79 Å². The molecule has 2 N–H and O–H groups in total. The Kier molecular flexibility index (Phi) is 2.19. The van der Waals surface area contributed by atoms with Crippen LogP contribution in [0.25, 0.3) is 0 Å². The maximum atomic E-state index is 9.99. The predicted octanol–water partition coefficient (Wildman–Crippen LogP) is -0.782. The van der Waals surface area contributed by atoms with E-state index in [0.29, 0.717) is 12.6 Å². The van der Waals surface area contributed by atoms with Gasteiger partial charge in [-0.3, -0.25) is 4.90 Å². The third-order valence-electron chi connectivity index (χ3n) is 1.64. The zero-order valence-corrected chi connectivity index (χ0v) is 5.42. The van der Waals surface area contributed by atoms with E-state index in [-0.39, 0.29) is 0 Å². The first-order valence-electron chi connectivity index (χ1n) is 3.24. The van der Waals surface area contributed by atoms with Crippen molar-refractivity contribution in [2.45, 2.75) is 12.5 Å². The van der Waals surface area contributed by atoms with Gasteiger partial charge >= 0.3 is 0 Å². The van der Waals surface area contributed by atoms with E-state index in [4.69, 9.17) is 5.73 Å². The van der Waals surface area contributed by atoms with E-state index in [0.717, 1.165) is 25.8 Å². The Bertz CT molecular complexity index is 105. The summed E-state index contributed by atoms with van der Waals surface area (Å²) in [6, 6.07) is 0.296. The summed E-state index contributed by atoms with van der Waals surface area (Å²) in [5.41, 5.74) is 5.60. The van der Waals surface area contributed by atoms with Crippen molar-refractivity contribution < 1.29 is 4.79 Å². The van der Waals surface area contributed by atoms with Crippen molar-refractivity contribution in [1.82, 2.24) is 4.90 Å². The van der Waals surface area contributed by atoms with Crippen molar-refractivity contribution in [1.29, 1.82) is 0 Å². The van der Waals surface area contributed by atoms with E-state index >= 15 is 0 Å². The van der Waals surface area contributed by atoms with Crippen molar-refractivity contribution in [3.05, 3.63) is 0 Å². The number of carbonyl (C=O) groups excluding carboxylic acids is 1. The standard InChI is InChI=1S/C6H12N2O/c7-6-1-2-8(5-6)3-4-9/h4,6H,1-3,5,7H2. The fourth-order valence-electron chi connectivity index (χ4n) is 1.13. The third kappa shape index (κ3) is 1.77. The summed E-state index contributed by atoms with van der Waals surface area (Å²) in [5.74, 6) is 0. The number of hydrogen-bond donors (Lipinski definition) is 1. The molecule has 1 heterocycles. The van der Waals surface area contributed by atoms with Crippen molar-refractivity contribution in [3.8, 4) is 0 Å². The fourth-order valence-corrected chi connectivity index (χ4v) is 1.13. The number of rotatable bonds is 2. The van der Waals surface area contributed by atoms with Crippen LogP contribution in [0.1, 0.15) is 6.42 Å². The maximum absolute atomic E-state index is 9.99. The Morgan fingerprint density at radius 2 is 2.56 bits per heavy atom. The average Bonchev–Trinajstić information content (AvgIpc) is 2.17. The van der Waals surface area contributed by atoms with Gasteiger partial charge < -0.3 is 10.5 Å². The van der Waals surface area contributed by atoms with E-state index in [1.807, 2.05) is 0 Å². The molecule has 1 unspecified atom stereocenters. The molecular weight excluding hydrogens is 116 g/mol. The van der Waals surface area contributed by atoms with E-state index in [2.05, 4.69) is 4.90 Å². The van der Waals surface area contributed by atoms with Crippen molar-refractivity contribution in [2.75, 3.05) is 19.6 Å². The van der Waals surface area contributed by atoms with Crippen LogP contribution in [-0.2, 0) is 4.79 Å². The molecular formula is C6H12N2O. The molecule has 1 atom stereocenters. The molecule has 9 heavy (non-hydrogen) atoms. The van der Waals surface area contributed by atoms with Crippen LogP contribution < -0.4 is 5.73 Å². The lowest BCUT2D eigenvalue weighted by Crippen LogP contribution is -2.27. The largest absolute Gasteiger partial charge is 0.326 e. The molecule has 0 saturated carbocycles. The molecule has 1 aliphatic heterocycles. The highest BCUT2D eigenvalue weighted by atomic mass is 16.1. The Morgan fingerprint density at radius 3 is 3.00 bits per heavy atom. The number of aldehydes is 1. The first-order valence-corrected chi connectivity index (χ1v) is 3.24. The molecule has 1 saturated heterocycles. The highest BCUT2D eigenvalue weighted by Crippen LogP contribution is 2.04. The summed E-state index contributed by atoms with van der Waals surface area (Å²) < 4.78 is 0. The van der Waals surface area contributed by atoms with Gasteiger partial charge in [-0.1, -0.05) is 0 Å². The maximum Gasteiger partial charge on any atom is 0.133 e. The zero-order valence-electron chi connectivity index (χ0n) is 5.42. The van der Waals surface area contributed by atoms with Gasteiger partial charge in [0, 0.05) is 19.1 Å². The number of likely N-dealkylation sites (tertiary alicyclic amines) is 1. The van der Waals surface area contributed by atoms with Crippen molar-refractivity contribution in [2.24, 2.45) is 5.73 Å². The summed E-state index contributed by atoms with van der Waals surface area (Å²) in [5, 5.41) is 0. The summed E-state index contributed by atoms with van der Waals surface area (Å²) >= 11 is 0. The highest BCUT2D eigenvalue weighted by Gasteiger charge is 2.17. The van der Waals surface area contributed by atoms with Gasteiger partial charge in [0.05, 0.1) is 6.54 Å². The van der Waals surface area contributed by atoms with Crippen LogP contribution in [-0.4, -0.2) is 36.9 Å². The molecule has 52 valence electrons. The number of carbonyl (C=O) groups is 1.